The maximum atomic E-state index is 9.11. The minimum absolute atomic E-state index is 0.0528. The van der Waals surface area contributed by atoms with E-state index in [9.17, 15) is 0 Å². The summed E-state index contributed by atoms with van der Waals surface area (Å²) in [5.74, 6) is 1.55. The van der Waals surface area contributed by atoms with Crippen LogP contribution in [0.1, 0.15) is 38.3 Å². The Labute approximate surface area is 96.5 Å². The largest absolute Gasteiger partial charge is 0.388 e. The van der Waals surface area contributed by atoms with Gasteiger partial charge in [0.1, 0.15) is 12.4 Å². The first-order chi connectivity index (χ1) is 7.83. The Kier molecular flexibility index (Phi) is 6.03. The number of rotatable bonds is 8. The number of hydrogen-bond acceptors (Lipinski definition) is 4. The predicted molar refractivity (Wildman–Crippen MR) is 61.0 cm³/mol. The number of ether oxygens (including phenoxy) is 1. The molecule has 0 bridgehead atoms. The van der Waals surface area contributed by atoms with E-state index in [1.165, 1.54) is 0 Å². The topological polar surface area (TPSA) is 60.2 Å². The van der Waals surface area contributed by atoms with E-state index < -0.39 is 0 Å². The van der Waals surface area contributed by atoms with Crippen LogP contribution in [0.3, 0.4) is 0 Å². The Balaban J connectivity index is 2.53. The van der Waals surface area contributed by atoms with E-state index in [1.807, 2.05) is 4.57 Å². The molecule has 0 amide bonds. The molecule has 0 aliphatic rings. The summed E-state index contributed by atoms with van der Waals surface area (Å²) >= 11 is 0. The van der Waals surface area contributed by atoms with E-state index in [2.05, 4.69) is 24.0 Å². The Hall–Kier alpha value is -0.940. The molecule has 5 heteroatoms. The molecule has 0 saturated heterocycles. The molecule has 1 aromatic heterocycles. The van der Waals surface area contributed by atoms with Gasteiger partial charge in [-0.2, -0.15) is 0 Å². The lowest BCUT2D eigenvalue weighted by Crippen LogP contribution is -2.10. The van der Waals surface area contributed by atoms with Gasteiger partial charge in [0.25, 0.3) is 0 Å². The Morgan fingerprint density at radius 2 is 1.88 bits per heavy atom. The van der Waals surface area contributed by atoms with Gasteiger partial charge in [-0.1, -0.05) is 13.8 Å². The van der Waals surface area contributed by atoms with Gasteiger partial charge >= 0.3 is 0 Å². The average molecular weight is 227 g/mol. The van der Waals surface area contributed by atoms with Gasteiger partial charge in [0.2, 0.25) is 0 Å². The van der Waals surface area contributed by atoms with E-state index >= 15 is 0 Å². The van der Waals surface area contributed by atoms with Crippen molar-refractivity contribution in [3.63, 3.8) is 0 Å². The number of hydrogen-bond donors (Lipinski definition) is 1. The van der Waals surface area contributed by atoms with Gasteiger partial charge in [0.15, 0.2) is 5.82 Å². The normalized spacial score (nSPS) is 10.9. The molecule has 5 nitrogen and oxygen atoms in total. The van der Waals surface area contributed by atoms with Gasteiger partial charge in [0, 0.05) is 19.6 Å². The van der Waals surface area contributed by atoms with Crippen LogP contribution in [-0.2, 0) is 24.3 Å². The summed E-state index contributed by atoms with van der Waals surface area (Å²) in [6.07, 6.45) is 2.80. The molecule has 0 aliphatic carbocycles. The van der Waals surface area contributed by atoms with Gasteiger partial charge in [-0.05, 0) is 12.8 Å². The van der Waals surface area contributed by atoms with Crippen molar-refractivity contribution < 1.29 is 9.84 Å². The number of aliphatic hydroxyl groups is 1. The molecule has 0 saturated carbocycles. The average Bonchev–Trinajstić information content (AvgIpc) is 2.68. The van der Waals surface area contributed by atoms with E-state index in [4.69, 9.17) is 9.84 Å². The van der Waals surface area contributed by atoms with Crippen LogP contribution < -0.4 is 0 Å². The van der Waals surface area contributed by atoms with Gasteiger partial charge < -0.3 is 14.4 Å². The van der Waals surface area contributed by atoms with Crippen LogP contribution in [0.25, 0.3) is 0 Å². The van der Waals surface area contributed by atoms with Crippen LogP contribution in [0.5, 0.6) is 0 Å². The standard InChI is InChI=1S/C11H21N3O2/c1-3-6-14-10(5-8-16-7-4-2)12-13-11(14)9-15/h15H,3-9H2,1-2H3. The van der Waals surface area contributed by atoms with Crippen molar-refractivity contribution >= 4 is 0 Å². The Morgan fingerprint density at radius 3 is 2.50 bits per heavy atom. The van der Waals surface area contributed by atoms with Gasteiger partial charge in [0.05, 0.1) is 6.61 Å². The fraction of sp³-hybridized carbons (Fsp3) is 0.818. The van der Waals surface area contributed by atoms with Crippen LogP contribution in [-0.4, -0.2) is 33.1 Å². The second-order valence-corrected chi connectivity index (χ2v) is 3.70. The minimum Gasteiger partial charge on any atom is -0.388 e. The van der Waals surface area contributed by atoms with Crippen molar-refractivity contribution in [2.45, 2.75) is 46.3 Å². The molecule has 0 fully saturated rings. The van der Waals surface area contributed by atoms with Crippen LogP contribution in [0.4, 0.5) is 0 Å². The smallest absolute Gasteiger partial charge is 0.158 e. The molecule has 1 N–H and O–H groups in total. The van der Waals surface area contributed by atoms with Crippen molar-refractivity contribution in [1.82, 2.24) is 14.8 Å². The molecule has 1 heterocycles. The second-order valence-electron chi connectivity index (χ2n) is 3.70. The third kappa shape index (κ3) is 3.57. The summed E-state index contributed by atoms with van der Waals surface area (Å²) in [5, 5.41) is 17.1. The van der Waals surface area contributed by atoms with Gasteiger partial charge in [-0.15, -0.1) is 10.2 Å². The lowest BCUT2D eigenvalue weighted by molar-refractivity contribution is 0.136. The molecule has 0 spiro atoms. The number of aromatic nitrogens is 3. The van der Waals surface area contributed by atoms with Crippen molar-refractivity contribution in [2.24, 2.45) is 0 Å². The zero-order chi connectivity index (χ0) is 11.8. The SMILES string of the molecule is CCCOCCc1nnc(CO)n1CCC. The second kappa shape index (κ2) is 7.35. The lowest BCUT2D eigenvalue weighted by Gasteiger charge is -2.07. The minimum atomic E-state index is -0.0528. The van der Waals surface area contributed by atoms with Gasteiger partial charge in [-0.25, -0.2) is 0 Å². The van der Waals surface area contributed by atoms with Crippen LogP contribution in [0, 0.1) is 0 Å². The molecule has 0 unspecified atom stereocenters. The molecule has 0 radical (unpaired) electrons. The summed E-state index contributed by atoms with van der Waals surface area (Å²) < 4.78 is 7.40. The first-order valence-corrected chi connectivity index (χ1v) is 5.93. The molecule has 0 aromatic carbocycles. The molecular weight excluding hydrogens is 206 g/mol. The van der Waals surface area contributed by atoms with E-state index in [-0.39, 0.29) is 6.61 Å². The third-order valence-electron chi connectivity index (χ3n) is 2.31. The van der Waals surface area contributed by atoms with Crippen LogP contribution >= 0.6 is 0 Å². The Bertz CT molecular complexity index is 299. The highest BCUT2D eigenvalue weighted by Gasteiger charge is 2.09. The molecular formula is C11H21N3O2. The summed E-state index contributed by atoms with van der Waals surface area (Å²) in [4.78, 5) is 0. The maximum Gasteiger partial charge on any atom is 0.158 e. The van der Waals surface area contributed by atoms with Crippen molar-refractivity contribution in [2.75, 3.05) is 13.2 Å². The van der Waals surface area contributed by atoms with E-state index in [0.29, 0.717) is 12.4 Å². The third-order valence-corrected chi connectivity index (χ3v) is 2.31. The zero-order valence-electron chi connectivity index (χ0n) is 10.1. The lowest BCUT2D eigenvalue weighted by atomic mass is 10.4. The summed E-state index contributed by atoms with van der Waals surface area (Å²) in [6, 6.07) is 0. The van der Waals surface area contributed by atoms with Crippen molar-refractivity contribution in [3.8, 4) is 0 Å². The molecule has 0 atom stereocenters. The monoisotopic (exact) mass is 227 g/mol. The van der Waals surface area contributed by atoms with E-state index in [0.717, 1.165) is 38.2 Å². The zero-order valence-corrected chi connectivity index (χ0v) is 10.1. The van der Waals surface area contributed by atoms with Crippen molar-refractivity contribution in [1.29, 1.82) is 0 Å². The van der Waals surface area contributed by atoms with Crippen molar-refractivity contribution in [3.05, 3.63) is 11.6 Å². The molecule has 0 aliphatic heterocycles. The summed E-state index contributed by atoms with van der Waals surface area (Å²) in [7, 11) is 0. The summed E-state index contributed by atoms with van der Waals surface area (Å²) in [6.45, 7) is 6.44. The highest BCUT2D eigenvalue weighted by molar-refractivity contribution is 4.95. The fourth-order valence-electron chi connectivity index (χ4n) is 1.57. The predicted octanol–water partition coefficient (Wildman–Crippen LogP) is 1.15. The molecule has 1 aromatic rings. The molecule has 1 rings (SSSR count). The van der Waals surface area contributed by atoms with Gasteiger partial charge in [-0.3, -0.25) is 0 Å². The first-order valence-electron chi connectivity index (χ1n) is 5.93. The van der Waals surface area contributed by atoms with E-state index in [1.54, 1.807) is 0 Å². The molecule has 92 valence electrons. The number of nitrogens with zero attached hydrogens (tertiary/aromatic N) is 3. The molecule has 16 heavy (non-hydrogen) atoms. The quantitative estimate of drug-likeness (QED) is 0.677. The van der Waals surface area contributed by atoms with Crippen LogP contribution in [0.2, 0.25) is 0 Å². The fourth-order valence-corrected chi connectivity index (χ4v) is 1.57. The number of aliphatic hydroxyl groups excluding tert-OH is 1. The Morgan fingerprint density at radius 1 is 1.12 bits per heavy atom. The highest BCUT2D eigenvalue weighted by atomic mass is 16.5. The van der Waals surface area contributed by atoms with Crippen LogP contribution in [0.15, 0.2) is 0 Å². The summed E-state index contributed by atoms with van der Waals surface area (Å²) in [5.41, 5.74) is 0. The highest BCUT2D eigenvalue weighted by Crippen LogP contribution is 2.05. The first kappa shape index (κ1) is 13.1. The maximum absolute atomic E-state index is 9.11.